The highest BCUT2D eigenvalue weighted by atomic mass is 35.5. The normalized spacial score (nSPS) is 14.1. The second kappa shape index (κ2) is 9.99. The van der Waals surface area contributed by atoms with Crippen LogP contribution in [0.15, 0.2) is 0 Å². The number of halogens is 1. The van der Waals surface area contributed by atoms with Crippen molar-refractivity contribution in [3.8, 4) is 0 Å². The van der Waals surface area contributed by atoms with E-state index in [4.69, 9.17) is 21.3 Å². The maximum absolute atomic E-state index is 13.1. The van der Waals surface area contributed by atoms with E-state index in [1.54, 1.807) is 6.92 Å². The molecule has 3 rings (SSSR count). The third-order valence-corrected chi connectivity index (χ3v) is 6.66. The van der Waals surface area contributed by atoms with Crippen molar-refractivity contribution in [3.63, 3.8) is 0 Å². The van der Waals surface area contributed by atoms with Crippen LogP contribution in [0.2, 0.25) is 5.15 Å². The zero-order valence-electron chi connectivity index (χ0n) is 18.7. The second-order valence-electron chi connectivity index (χ2n) is 7.85. The number of H-pyrrole nitrogens is 1. The number of thiazole rings is 1. The number of hydrogen-bond donors (Lipinski definition) is 1. The van der Waals surface area contributed by atoms with E-state index >= 15 is 0 Å². The molecule has 8 nitrogen and oxygen atoms in total. The molecule has 2 aromatic rings. The molecule has 1 amide bonds. The lowest BCUT2D eigenvalue weighted by Gasteiger charge is -2.45. The van der Waals surface area contributed by atoms with Crippen LogP contribution in [-0.2, 0) is 11.2 Å². The van der Waals surface area contributed by atoms with Gasteiger partial charge >= 0.3 is 5.97 Å². The van der Waals surface area contributed by atoms with E-state index in [9.17, 15) is 9.59 Å². The summed E-state index contributed by atoms with van der Waals surface area (Å²) in [6.45, 7) is 12.1. The van der Waals surface area contributed by atoms with Crippen LogP contribution in [0.25, 0.3) is 0 Å². The number of esters is 1. The fourth-order valence-electron chi connectivity index (χ4n) is 3.55. The zero-order valence-corrected chi connectivity index (χ0v) is 20.3. The summed E-state index contributed by atoms with van der Waals surface area (Å²) in [5.74, 6) is -0.0515. The summed E-state index contributed by atoms with van der Waals surface area (Å²) in [7, 11) is 0. The number of hydrogen-bond acceptors (Lipinski definition) is 7. The Bertz CT molecular complexity index is 936. The van der Waals surface area contributed by atoms with Crippen molar-refractivity contribution in [1.29, 1.82) is 0 Å². The maximum Gasteiger partial charge on any atom is 0.350 e. The molecule has 0 radical (unpaired) electrons. The number of nitrogens with zero attached hydrogens (tertiary/aromatic N) is 4. The average molecular weight is 468 g/mol. The van der Waals surface area contributed by atoms with Crippen LogP contribution in [0.5, 0.6) is 0 Å². The lowest BCUT2D eigenvalue weighted by atomic mass is 10.1. The summed E-state index contributed by atoms with van der Waals surface area (Å²) in [4.78, 5) is 41.9. The molecule has 1 saturated heterocycles. The fraction of sp³-hybridized carbons (Fsp3) is 0.619. The number of carbonyl (C=O) groups is 2. The molecule has 0 saturated carbocycles. The molecule has 3 heterocycles. The minimum atomic E-state index is -0.323. The first-order valence-corrected chi connectivity index (χ1v) is 12.0. The summed E-state index contributed by atoms with van der Waals surface area (Å²) in [5.41, 5.74) is 1.54. The first-order valence-electron chi connectivity index (χ1n) is 10.8. The summed E-state index contributed by atoms with van der Waals surface area (Å²) in [5, 5.41) is 1.15. The molecule has 1 aliphatic heterocycles. The van der Waals surface area contributed by atoms with Gasteiger partial charge < -0.3 is 19.5 Å². The standard InChI is InChI=1S/C21H30ClN5O3S/c1-6-9-27(19(28)18-23-14(7-2)17(22)25-18)13-10-26(11-13)21-24-15(12(4)5)16(31-21)20(29)30-8-3/h12-13H,6-11H2,1-5H3,(H,23,25). The fourth-order valence-corrected chi connectivity index (χ4v) is 4.95. The number of aryl methyl sites for hydroxylation is 1. The van der Waals surface area contributed by atoms with Gasteiger partial charge in [0.25, 0.3) is 5.91 Å². The lowest BCUT2D eigenvalue weighted by Crippen LogP contribution is -2.61. The molecule has 0 aromatic carbocycles. The lowest BCUT2D eigenvalue weighted by molar-refractivity contribution is 0.0529. The smallest absolute Gasteiger partial charge is 0.350 e. The maximum atomic E-state index is 13.1. The van der Waals surface area contributed by atoms with Crippen LogP contribution in [0.3, 0.4) is 0 Å². The summed E-state index contributed by atoms with van der Waals surface area (Å²) in [6, 6.07) is 0.0545. The van der Waals surface area contributed by atoms with Gasteiger partial charge in [0.1, 0.15) is 4.88 Å². The Kier molecular flexibility index (Phi) is 7.59. The van der Waals surface area contributed by atoms with Crippen molar-refractivity contribution in [2.24, 2.45) is 0 Å². The van der Waals surface area contributed by atoms with Gasteiger partial charge in [-0.2, -0.15) is 0 Å². The molecule has 10 heteroatoms. The van der Waals surface area contributed by atoms with Gasteiger partial charge in [0.15, 0.2) is 16.1 Å². The Morgan fingerprint density at radius 2 is 2.00 bits per heavy atom. The molecule has 0 atom stereocenters. The number of ether oxygens (including phenoxy) is 1. The number of imidazole rings is 1. The van der Waals surface area contributed by atoms with E-state index in [0.717, 1.165) is 22.9 Å². The molecular formula is C21H30ClN5O3S. The average Bonchev–Trinajstić information content (AvgIpc) is 3.30. The first-order chi connectivity index (χ1) is 14.8. The minimum absolute atomic E-state index is 0.0545. The van der Waals surface area contributed by atoms with Gasteiger partial charge in [-0.1, -0.05) is 50.6 Å². The second-order valence-corrected chi connectivity index (χ2v) is 9.19. The Labute approximate surface area is 192 Å². The largest absolute Gasteiger partial charge is 0.462 e. The Morgan fingerprint density at radius 3 is 2.55 bits per heavy atom. The van der Waals surface area contributed by atoms with Crippen molar-refractivity contribution in [2.75, 3.05) is 31.1 Å². The third-order valence-electron chi connectivity index (χ3n) is 5.23. The number of anilines is 1. The zero-order chi connectivity index (χ0) is 22.7. The number of nitrogens with one attached hydrogen (secondary N) is 1. The molecule has 0 bridgehead atoms. The van der Waals surface area contributed by atoms with E-state index in [1.807, 2.05) is 32.6 Å². The summed E-state index contributed by atoms with van der Waals surface area (Å²) < 4.78 is 5.19. The monoisotopic (exact) mass is 467 g/mol. The van der Waals surface area contributed by atoms with Crippen molar-refractivity contribution < 1.29 is 14.3 Å². The van der Waals surface area contributed by atoms with E-state index < -0.39 is 0 Å². The molecule has 170 valence electrons. The van der Waals surface area contributed by atoms with Crippen LogP contribution < -0.4 is 4.90 Å². The molecule has 0 spiro atoms. The minimum Gasteiger partial charge on any atom is -0.462 e. The highest BCUT2D eigenvalue weighted by Gasteiger charge is 2.38. The molecule has 1 aliphatic rings. The topological polar surface area (TPSA) is 91.4 Å². The van der Waals surface area contributed by atoms with Gasteiger partial charge in [-0.15, -0.1) is 0 Å². The number of aromatic amines is 1. The molecule has 2 aromatic heterocycles. The van der Waals surface area contributed by atoms with Crippen LogP contribution in [0.1, 0.15) is 78.6 Å². The van der Waals surface area contributed by atoms with Crippen molar-refractivity contribution in [2.45, 2.75) is 59.4 Å². The summed E-state index contributed by atoms with van der Waals surface area (Å²) in [6.07, 6.45) is 1.54. The molecule has 1 fully saturated rings. The SMILES string of the molecule is CCCN(C(=O)c1nc(Cl)c(CC)[nH]1)C1CN(c2nc(C(C)C)c(C(=O)OCC)s2)C1. The van der Waals surface area contributed by atoms with E-state index in [2.05, 4.69) is 14.9 Å². The predicted octanol–water partition coefficient (Wildman–Crippen LogP) is 4.12. The number of rotatable bonds is 9. The highest BCUT2D eigenvalue weighted by Crippen LogP contribution is 2.34. The van der Waals surface area contributed by atoms with E-state index in [1.165, 1.54) is 11.3 Å². The molecular weight excluding hydrogens is 438 g/mol. The molecule has 0 unspecified atom stereocenters. The van der Waals surface area contributed by atoms with E-state index in [0.29, 0.717) is 42.7 Å². The van der Waals surface area contributed by atoms with Crippen LogP contribution >= 0.6 is 22.9 Å². The van der Waals surface area contributed by atoms with Gasteiger partial charge in [-0.3, -0.25) is 4.79 Å². The summed E-state index contributed by atoms with van der Waals surface area (Å²) >= 11 is 7.49. The highest BCUT2D eigenvalue weighted by molar-refractivity contribution is 7.17. The van der Waals surface area contributed by atoms with Gasteiger partial charge in [0.05, 0.1) is 24.0 Å². The Balaban J connectivity index is 1.73. The van der Waals surface area contributed by atoms with Gasteiger partial charge in [-0.05, 0) is 25.7 Å². The van der Waals surface area contributed by atoms with Gasteiger partial charge in [-0.25, -0.2) is 14.8 Å². The van der Waals surface area contributed by atoms with Gasteiger partial charge in [0.2, 0.25) is 0 Å². The van der Waals surface area contributed by atoms with Crippen molar-refractivity contribution >= 4 is 39.9 Å². The predicted molar refractivity (Wildman–Crippen MR) is 122 cm³/mol. The van der Waals surface area contributed by atoms with Crippen molar-refractivity contribution in [3.05, 3.63) is 27.2 Å². The van der Waals surface area contributed by atoms with Crippen LogP contribution in [0, 0.1) is 0 Å². The number of carbonyl (C=O) groups excluding carboxylic acids is 2. The third kappa shape index (κ3) is 4.87. The molecule has 31 heavy (non-hydrogen) atoms. The van der Waals surface area contributed by atoms with Crippen LogP contribution in [-0.4, -0.2) is 64.0 Å². The van der Waals surface area contributed by atoms with Crippen molar-refractivity contribution in [1.82, 2.24) is 19.9 Å². The van der Waals surface area contributed by atoms with Crippen LogP contribution in [0.4, 0.5) is 5.13 Å². The molecule has 1 N–H and O–H groups in total. The Morgan fingerprint density at radius 1 is 1.29 bits per heavy atom. The quantitative estimate of drug-likeness (QED) is 0.557. The van der Waals surface area contributed by atoms with E-state index in [-0.39, 0.29) is 29.7 Å². The first kappa shape index (κ1) is 23.5. The Hall–Kier alpha value is -2.13. The number of amides is 1. The number of aromatic nitrogens is 3. The molecule has 0 aliphatic carbocycles. The van der Waals surface area contributed by atoms with Gasteiger partial charge in [0, 0.05) is 19.6 Å².